The van der Waals surface area contributed by atoms with Crippen LogP contribution in [0.15, 0.2) is 89.7 Å². The van der Waals surface area contributed by atoms with Gasteiger partial charge in [-0.2, -0.15) is 0 Å². The number of likely N-dealkylation sites (tertiary alicyclic amines) is 1. The first-order valence-corrected chi connectivity index (χ1v) is 13.8. The maximum absolute atomic E-state index is 14.2. The van der Waals surface area contributed by atoms with Gasteiger partial charge in [-0.3, -0.25) is 9.36 Å². The number of hydrogen-bond donors (Lipinski definition) is 2. The second kappa shape index (κ2) is 10.7. The van der Waals surface area contributed by atoms with Gasteiger partial charge in [-0.25, -0.2) is 9.59 Å². The predicted molar refractivity (Wildman–Crippen MR) is 153 cm³/mol. The van der Waals surface area contributed by atoms with Crippen molar-refractivity contribution in [1.29, 1.82) is 0 Å². The number of aliphatic carboxylic acids is 1. The molecule has 1 aromatic heterocycles. The summed E-state index contributed by atoms with van der Waals surface area (Å²) in [4.78, 5) is 48.0. The topological polar surface area (TPSA) is 102 Å². The van der Waals surface area contributed by atoms with E-state index in [1.807, 2.05) is 60.7 Å². The first-order chi connectivity index (χ1) is 19.5. The van der Waals surface area contributed by atoms with Crippen LogP contribution in [0.5, 0.6) is 0 Å². The van der Waals surface area contributed by atoms with Gasteiger partial charge in [0.1, 0.15) is 5.54 Å². The summed E-state index contributed by atoms with van der Waals surface area (Å²) in [7, 11) is 0. The molecule has 2 fully saturated rings. The third kappa shape index (κ3) is 4.56. The maximum atomic E-state index is 14.2. The number of carbonyl (C=O) groups excluding carboxylic acids is 1. The van der Waals surface area contributed by atoms with Crippen molar-refractivity contribution in [2.24, 2.45) is 0 Å². The van der Waals surface area contributed by atoms with E-state index in [-0.39, 0.29) is 18.3 Å². The van der Waals surface area contributed by atoms with Gasteiger partial charge in [0.15, 0.2) is 6.04 Å². The van der Waals surface area contributed by atoms with E-state index in [0.29, 0.717) is 24.9 Å². The van der Waals surface area contributed by atoms with Crippen LogP contribution in [0.2, 0.25) is 0 Å². The normalized spacial score (nSPS) is 18.1. The fourth-order valence-corrected chi connectivity index (χ4v) is 6.37. The molecule has 0 bridgehead atoms. The monoisotopic (exact) mass is 539 g/mol. The molecule has 2 saturated heterocycles. The Kier molecular flexibility index (Phi) is 6.89. The molecule has 0 saturated carbocycles. The summed E-state index contributed by atoms with van der Waals surface area (Å²) in [6, 6.07) is 25.5. The molecule has 0 radical (unpaired) electrons. The SMILES string of the molecule is O=C(O)[C@@H](c1ccccc1)N1CN(c2ccccc2)C2(CCN(CCCn3c(=O)[nH]c4ccccc43)CC2)C1=O. The summed E-state index contributed by atoms with van der Waals surface area (Å²) in [5, 5.41) is 10.2. The number of carboxylic acids is 1. The second-order valence-electron chi connectivity index (χ2n) is 10.7. The zero-order valence-electron chi connectivity index (χ0n) is 22.3. The largest absolute Gasteiger partial charge is 0.479 e. The first-order valence-electron chi connectivity index (χ1n) is 13.8. The predicted octanol–water partition coefficient (Wildman–Crippen LogP) is 3.69. The molecule has 1 amide bonds. The minimum Gasteiger partial charge on any atom is -0.479 e. The molecule has 4 aromatic rings. The number of carbonyl (C=O) groups is 2. The number of amides is 1. The van der Waals surface area contributed by atoms with E-state index >= 15 is 0 Å². The molecule has 6 rings (SSSR count). The molecule has 0 unspecified atom stereocenters. The van der Waals surface area contributed by atoms with Crippen LogP contribution in [0, 0.1) is 0 Å². The zero-order chi connectivity index (χ0) is 27.7. The summed E-state index contributed by atoms with van der Waals surface area (Å²) in [5.41, 5.74) is 2.37. The lowest BCUT2D eigenvalue weighted by Gasteiger charge is -2.43. The maximum Gasteiger partial charge on any atom is 0.331 e. The molecule has 9 heteroatoms. The number of imidazole rings is 1. The number of benzene rings is 3. The molecular weight excluding hydrogens is 506 g/mol. The van der Waals surface area contributed by atoms with Gasteiger partial charge in [0, 0.05) is 25.3 Å². The molecule has 0 aliphatic carbocycles. The lowest BCUT2D eigenvalue weighted by molar-refractivity contribution is -0.150. The minimum atomic E-state index is -1.05. The standard InChI is InChI=1S/C31H33N5O4/c37-28(38)27(23-10-3-1-4-11-23)35-22-36(24-12-5-2-6-13-24)31(29(35)39)16-20-33(21-17-31)18-9-19-34-26-15-8-7-14-25(26)32-30(34)40/h1-8,10-15,27H,9,16-22H2,(H,32,40)(H,37,38)/t27-/m1/s1. The minimum absolute atomic E-state index is 0.0969. The van der Waals surface area contributed by atoms with Crippen molar-refractivity contribution < 1.29 is 14.7 Å². The Hall–Kier alpha value is -4.37. The number of aromatic amines is 1. The Labute approximate surface area is 232 Å². The number of anilines is 1. The van der Waals surface area contributed by atoms with E-state index in [2.05, 4.69) is 14.8 Å². The van der Waals surface area contributed by atoms with Gasteiger partial charge >= 0.3 is 11.7 Å². The van der Waals surface area contributed by atoms with E-state index < -0.39 is 17.6 Å². The number of carboxylic acid groups (broad SMARTS) is 1. The van der Waals surface area contributed by atoms with Crippen LogP contribution in [-0.4, -0.2) is 68.2 Å². The van der Waals surface area contributed by atoms with Crippen molar-refractivity contribution in [3.05, 3.63) is 101 Å². The Bertz CT molecular complexity index is 1560. The number of aromatic nitrogens is 2. The van der Waals surface area contributed by atoms with E-state index in [4.69, 9.17) is 0 Å². The average Bonchev–Trinajstić information content (AvgIpc) is 3.44. The first kappa shape index (κ1) is 25.9. The number of piperidine rings is 1. The van der Waals surface area contributed by atoms with Gasteiger partial charge in [0.25, 0.3) is 5.91 Å². The highest BCUT2D eigenvalue weighted by atomic mass is 16.4. The van der Waals surface area contributed by atoms with E-state index in [1.54, 1.807) is 28.8 Å². The van der Waals surface area contributed by atoms with E-state index in [0.717, 1.165) is 42.8 Å². The van der Waals surface area contributed by atoms with Gasteiger partial charge in [-0.05, 0) is 55.6 Å². The van der Waals surface area contributed by atoms with E-state index in [1.165, 1.54) is 4.90 Å². The highest BCUT2D eigenvalue weighted by molar-refractivity contribution is 5.96. The van der Waals surface area contributed by atoms with Gasteiger partial charge < -0.3 is 24.8 Å². The molecular formula is C31H33N5O4. The average molecular weight is 540 g/mol. The quantitative estimate of drug-likeness (QED) is 0.354. The highest BCUT2D eigenvalue weighted by Gasteiger charge is 2.56. The number of fused-ring (bicyclic) bond motifs is 1. The van der Waals surface area contributed by atoms with Crippen molar-refractivity contribution in [2.75, 3.05) is 31.2 Å². The number of H-pyrrole nitrogens is 1. The van der Waals surface area contributed by atoms with Crippen LogP contribution in [0.3, 0.4) is 0 Å². The van der Waals surface area contributed by atoms with Crippen LogP contribution in [0.1, 0.15) is 30.9 Å². The van der Waals surface area contributed by atoms with Gasteiger partial charge in [-0.15, -0.1) is 0 Å². The fourth-order valence-electron chi connectivity index (χ4n) is 6.37. The van der Waals surface area contributed by atoms with Crippen molar-refractivity contribution >= 4 is 28.6 Å². The molecule has 2 aliphatic rings. The number of para-hydroxylation sites is 3. The van der Waals surface area contributed by atoms with Crippen molar-refractivity contribution in [1.82, 2.24) is 19.4 Å². The lowest BCUT2D eigenvalue weighted by atomic mass is 9.85. The number of hydrogen-bond acceptors (Lipinski definition) is 5. The fraction of sp³-hybridized carbons (Fsp3) is 0.323. The summed E-state index contributed by atoms with van der Waals surface area (Å²) >= 11 is 0. The van der Waals surface area contributed by atoms with Gasteiger partial charge in [-0.1, -0.05) is 60.7 Å². The van der Waals surface area contributed by atoms with E-state index in [9.17, 15) is 19.5 Å². The van der Waals surface area contributed by atoms with Gasteiger partial charge in [0.2, 0.25) is 0 Å². The third-order valence-electron chi connectivity index (χ3n) is 8.42. The molecule has 206 valence electrons. The van der Waals surface area contributed by atoms with Crippen molar-refractivity contribution in [3.8, 4) is 0 Å². The smallest absolute Gasteiger partial charge is 0.331 e. The molecule has 3 heterocycles. The Morgan fingerprint density at radius 3 is 2.23 bits per heavy atom. The Morgan fingerprint density at radius 1 is 0.875 bits per heavy atom. The van der Waals surface area contributed by atoms with Crippen LogP contribution < -0.4 is 10.6 Å². The zero-order valence-corrected chi connectivity index (χ0v) is 22.3. The van der Waals surface area contributed by atoms with Crippen LogP contribution in [-0.2, 0) is 16.1 Å². The molecule has 9 nitrogen and oxygen atoms in total. The number of nitrogens with one attached hydrogen (secondary N) is 1. The Morgan fingerprint density at radius 2 is 1.52 bits per heavy atom. The highest BCUT2D eigenvalue weighted by Crippen LogP contribution is 2.42. The second-order valence-corrected chi connectivity index (χ2v) is 10.7. The van der Waals surface area contributed by atoms with Crippen molar-refractivity contribution in [2.45, 2.75) is 37.4 Å². The van der Waals surface area contributed by atoms with Crippen LogP contribution in [0.25, 0.3) is 11.0 Å². The Balaban J connectivity index is 1.19. The molecule has 1 atom stereocenters. The molecule has 40 heavy (non-hydrogen) atoms. The number of nitrogens with zero attached hydrogens (tertiary/aromatic N) is 4. The van der Waals surface area contributed by atoms with Crippen molar-refractivity contribution in [3.63, 3.8) is 0 Å². The summed E-state index contributed by atoms with van der Waals surface area (Å²) in [5.74, 6) is -1.16. The van der Waals surface area contributed by atoms with Gasteiger partial charge in [0.05, 0.1) is 17.7 Å². The summed E-state index contributed by atoms with van der Waals surface area (Å²) in [6.45, 7) is 3.08. The molecule has 2 N–H and O–H groups in total. The molecule has 3 aromatic carbocycles. The van der Waals surface area contributed by atoms with Crippen LogP contribution >= 0.6 is 0 Å². The summed E-state index contributed by atoms with van der Waals surface area (Å²) < 4.78 is 1.78. The number of aryl methyl sites for hydroxylation is 1. The third-order valence-corrected chi connectivity index (χ3v) is 8.42. The molecule has 1 spiro atoms. The lowest BCUT2D eigenvalue weighted by Crippen LogP contribution is -2.56. The molecule has 2 aliphatic heterocycles. The summed E-state index contributed by atoms with van der Waals surface area (Å²) in [6.07, 6.45) is 2.02. The van der Waals surface area contributed by atoms with Crippen LogP contribution in [0.4, 0.5) is 5.69 Å². The number of rotatable bonds is 8.